The zero-order valence-electron chi connectivity index (χ0n) is 16.4. The smallest absolute Gasteiger partial charge is 0.278 e. The van der Waals surface area contributed by atoms with Gasteiger partial charge in [0.05, 0.1) is 11.4 Å². The van der Waals surface area contributed by atoms with Gasteiger partial charge in [-0.2, -0.15) is 0 Å². The van der Waals surface area contributed by atoms with E-state index in [9.17, 15) is 9.18 Å². The predicted molar refractivity (Wildman–Crippen MR) is 112 cm³/mol. The normalized spacial score (nSPS) is 13.1. The number of nitrogens with one attached hydrogen (secondary N) is 1. The third-order valence-corrected chi connectivity index (χ3v) is 4.91. The number of rotatable bonds is 6. The number of nitrogens with zero attached hydrogens (tertiary/aromatic N) is 4. The third kappa shape index (κ3) is 4.13. The van der Waals surface area contributed by atoms with Crippen molar-refractivity contribution in [2.45, 2.75) is 18.8 Å². The number of aromatic nitrogens is 4. The van der Waals surface area contributed by atoms with Gasteiger partial charge >= 0.3 is 0 Å². The number of hydrogen-bond donors (Lipinski definition) is 1. The molecule has 0 radical (unpaired) electrons. The van der Waals surface area contributed by atoms with Crippen molar-refractivity contribution in [1.82, 2.24) is 20.0 Å². The number of pyridine rings is 1. The molecule has 1 N–H and O–H groups in total. The number of amides is 1. The number of carbonyl (C=O) groups is 1. The molecular formula is C23H18FN5O2. The lowest BCUT2D eigenvalue weighted by Gasteiger charge is -2.09. The summed E-state index contributed by atoms with van der Waals surface area (Å²) in [7, 11) is 0. The third-order valence-electron chi connectivity index (χ3n) is 4.91. The highest BCUT2D eigenvalue weighted by Crippen LogP contribution is 2.42. The zero-order valence-corrected chi connectivity index (χ0v) is 16.4. The lowest BCUT2D eigenvalue weighted by molar-refractivity contribution is 0.102. The summed E-state index contributed by atoms with van der Waals surface area (Å²) in [5, 5.41) is 11.1. The molecule has 2 aromatic heterocycles. The second kappa shape index (κ2) is 7.98. The van der Waals surface area contributed by atoms with Gasteiger partial charge in [0.15, 0.2) is 5.69 Å². The molecular weight excluding hydrogens is 397 g/mol. The van der Waals surface area contributed by atoms with Gasteiger partial charge in [-0.15, -0.1) is 5.10 Å². The standard InChI is InChI=1S/C23H18FN5O2/c24-16-3-1-5-18(13-16)29-22(15-7-8-15)21(27-28-29)23(30)26-17-4-2-6-20(14-17)31-19-9-11-25-12-10-19/h1-6,9-15H,7-8H2,(H,26,30). The summed E-state index contributed by atoms with van der Waals surface area (Å²) in [5.41, 5.74) is 2.05. The van der Waals surface area contributed by atoms with Gasteiger partial charge in [-0.3, -0.25) is 9.78 Å². The van der Waals surface area contributed by atoms with Crippen molar-refractivity contribution in [2.75, 3.05) is 5.32 Å². The van der Waals surface area contributed by atoms with E-state index >= 15 is 0 Å². The van der Waals surface area contributed by atoms with Crippen LogP contribution >= 0.6 is 0 Å². The van der Waals surface area contributed by atoms with Crippen LogP contribution in [0.2, 0.25) is 0 Å². The van der Waals surface area contributed by atoms with Crippen LogP contribution in [0, 0.1) is 5.82 Å². The maximum Gasteiger partial charge on any atom is 0.278 e. The molecule has 0 spiro atoms. The molecule has 0 bridgehead atoms. The lowest BCUT2D eigenvalue weighted by atomic mass is 10.2. The topological polar surface area (TPSA) is 81.9 Å². The first kappa shape index (κ1) is 18.9. The second-order valence-corrected chi connectivity index (χ2v) is 7.26. The molecule has 1 fully saturated rings. The second-order valence-electron chi connectivity index (χ2n) is 7.26. The molecule has 4 aromatic rings. The Morgan fingerprint density at radius 2 is 1.84 bits per heavy atom. The van der Waals surface area contributed by atoms with Crippen LogP contribution < -0.4 is 10.1 Å². The van der Waals surface area contributed by atoms with Crippen LogP contribution in [0.5, 0.6) is 11.5 Å². The Balaban J connectivity index is 1.39. The summed E-state index contributed by atoms with van der Waals surface area (Å²) >= 11 is 0. The van der Waals surface area contributed by atoms with E-state index in [1.807, 2.05) is 0 Å². The summed E-state index contributed by atoms with van der Waals surface area (Å²) in [6.07, 6.45) is 5.17. The SMILES string of the molecule is O=C(Nc1cccc(Oc2ccncc2)c1)c1nnn(-c2cccc(F)c2)c1C1CC1. The van der Waals surface area contributed by atoms with E-state index in [1.54, 1.807) is 65.6 Å². The van der Waals surface area contributed by atoms with Crippen LogP contribution in [0.3, 0.4) is 0 Å². The van der Waals surface area contributed by atoms with Gasteiger partial charge in [-0.1, -0.05) is 17.3 Å². The van der Waals surface area contributed by atoms with Crippen LogP contribution in [-0.4, -0.2) is 25.9 Å². The molecule has 7 nitrogen and oxygen atoms in total. The first-order valence-electron chi connectivity index (χ1n) is 9.88. The molecule has 154 valence electrons. The number of benzene rings is 2. The molecule has 0 atom stereocenters. The van der Waals surface area contributed by atoms with Gasteiger partial charge in [0.1, 0.15) is 17.3 Å². The fourth-order valence-corrected chi connectivity index (χ4v) is 3.34. The quantitative estimate of drug-likeness (QED) is 0.493. The zero-order chi connectivity index (χ0) is 21.2. The highest BCUT2D eigenvalue weighted by Gasteiger charge is 2.34. The summed E-state index contributed by atoms with van der Waals surface area (Å²) in [5.74, 6) is 0.667. The number of carbonyl (C=O) groups excluding carboxylic acids is 1. The van der Waals surface area contributed by atoms with E-state index in [1.165, 1.54) is 12.1 Å². The molecule has 31 heavy (non-hydrogen) atoms. The highest BCUT2D eigenvalue weighted by molar-refractivity contribution is 6.04. The first-order chi connectivity index (χ1) is 15.2. The molecule has 2 aromatic carbocycles. The largest absolute Gasteiger partial charge is 0.457 e. The van der Waals surface area contributed by atoms with Crippen LogP contribution in [0.1, 0.15) is 34.9 Å². The van der Waals surface area contributed by atoms with Crippen molar-refractivity contribution in [3.8, 4) is 17.2 Å². The summed E-state index contributed by atoms with van der Waals surface area (Å²) < 4.78 is 21.0. The fraction of sp³-hybridized carbons (Fsp3) is 0.130. The molecule has 1 aliphatic rings. The number of hydrogen-bond acceptors (Lipinski definition) is 5. The van der Waals surface area contributed by atoms with Crippen LogP contribution in [0.25, 0.3) is 5.69 Å². The summed E-state index contributed by atoms with van der Waals surface area (Å²) in [6.45, 7) is 0. The molecule has 1 amide bonds. The Morgan fingerprint density at radius 1 is 1.03 bits per heavy atom. The van der Waals surface area contributed by atoms with Crippen molar-refractivity contribution in [2.24, 2.45) is 0 Å². The van der Waals surface area contributed by atoms with Gasteiger partial charge in [-0.05, 0) is 55.3 Å². The number of anilines is 1. The monoisotopic (exact) mass is 415 g/mol. The van der Waals surface area contributed by atoms with E-state index < -0.39 is 0 Å². The van der Waals surface area contributed by atoms with Gasteiger partial charge in [0, 0.05) is 30.1 Å². The van der Waals surface area contributed by atoms with Crippen molar-refractivity contribution in [3.05, 3.63) is 90.3 Å². The van der Waals surface area contributed by atoms with E-state index in [4.69, 9.17) is 4.74 Å². The summed E-state index contributed by atoms with van der Waals surface area (Å²) in [6, 6.07) is 16.7. The van der Waals surface area contributed by atoms with Crippen molar-refractivity contribution < 1.29 is 13.9 Å². The molecule has 0 unspecified atom stereocenters. The number of ether oxygens (including phenoxy) is 1. The van der Waals surface area contributed by atoms with Crippen LogP contribution in [0.15, 0.2) is 73.1 Å². The summed E-state index contributed by atoms with van der Waals surface area (Å²) in [4.78, 5) is 17.0. The minimum absolute atomic E-state index is 0.181. The maximum absolute atomic E-state index is 13.7. The Bertz CT molecular complexity index is 1240. The average molecular weight is 415 g/mol. The van der Waals surface area contributed by atoms with E-state index in [-0.39, 0.29) is 23.3 Å². The molecule has 0 aliphatic heterocycles. The Labute approximate surface area is 177 Å². The number of halogens is 1. The molecule has 5 rings (SSSR count). The van der Waals surface area contributed by atoms with Crippen molar-refractivity contribution in [1.29, 1.82) is 0 Å². The van der Waals surface area contributed by atoms with E-state index in [0.29, 0.717) is 28.6 Å². The molecule has 0 saturated heterocycles. The van der Waals surface area contributed by atoms with Gasteiger partial charge in [0.25, 0.3) is 5.91 Å². The van der Waals surface area contributed by atoms with Gasteiger partial charge < -0.3 is 10.1 Å². The maximum atomic E-state index is 13.7. The molecule has 8 heteroatoms. The van der Waals surface area contributed by atoms with Crippen LogP contribution in [-0.2, 0) is 0 Å². The molecule has 1 aliphatic carbocycles. The minimum Gasteiger partial charge on any atom is -0.457 e. The predicted octanol–water partition coefficient (Wildman–Crippen LogP) is 4.72. The first-order valence-corrected chi connectivity index (χ1v) is 9.88. The fourth-order valence-electron chi connectivity index (χ4n) is 3.34. The average Bonchev–Trinajstić information content (AvgIpc) is 3.52. The Morgan fingerprint density at radius 3 is 2.61 bits per heavy atom. The lowest BCUT2D eigenvalue weighted by Crippen LogP contribution is -2.15. The van der Waals surface area contributed by atoms with Gasteiger partial charge in [0.2, 0.25) is 0 Å². The van der Waals surface area contributed by atoms with Crippen molar-refractivity contribution in [3.63, 3.8) is 0 Å². The van der Waals surface area contributed by atoms with Crippen molar-refractivity contribution >= 4 is 11.6 Å². The minimum atomic E-state index is -0.370. The molecule has 2 heterocycles. The van der Waals surface area contributed by atoms with E-state index in [0.717, 1.165) is 12.8 Å². The highest BCUT2D eigenvalue weighted by atomic mass is 19.1. The van der Waals surface area contributed by atoms with Gasteiger partial charge in [-0.25, -0.2) is 9.07 Å². The van der Waals surface area contributed by atoms with E-state index in [2.05, 4.69) is 20.6 Å². The Hall–Kier alpha value is -4.07. The van der Waals surface area contributed by atoms with Crippen LogP contribution in [0.4, 0.5) is 10.1 Å². The Kier molecular flexibility index (Phi) is 4.87. The molecule has 1 saturated carbocycles.